The van der Waals surface area contributed by atoms with Crippen LogP contribution in [-0.4, -0.2) is 23.9 Å². The van der Waals surface area contributed by atoms with Gasteiger partial charge in [-0.15, -0.1) is 0 Å². The van der Waals surface area contributed by atoms with Gasteiger partial charge in [0.1, 0.15) is 0 Å². The number of carbonyl (C=O) groups is 1. The third-order valence-corrected chi connectivity index (χ3v) is 3.99. The van der Waals surface area contributed by atoms with E-state index in [0.717, 1.165) is 25.9 Å². The molecule has 0 N–H and O–H groups in total. The number of amides is 1. The zero-order valence-electron chi connectivity index (χ0n) is 10.8. The van der Waals surface area contributed by atoms with Crippen LogP contribution in [0.15, 0.2) is 30.3 Å². The lowest BCUT2D eigenvalue weighted by atomic mass is 9.63. The Morgan fingerprint density at radius 1 is 1.18 bits per heavy atom. The second-order valence-corrected chi connectivity index (χ2v) is 4.78. The minimum atomic E-state index is -0.215. The van der Waals surface area contributed by atoms with E-state index >= 15 is 0 Å². The van der Waals surface area contributed by atoms with E-state index in [9.17, 15) is 4.79 Å². The molecule has 92 valence electrons. The van der Waals surface area contributed by atoms with Crippen molar-refractivity contribution in [3.05, 3.63) is 35.9 Å². The van der Waals surface area contributed by atoms with Crippen LogP contribution in [0.1, 0.15) is 38.7 Å². The molecule has 0 spiro atoms. The van der Waals surface area contributed by atoms with Crippen molar-refractivity contribution in [2.24, 2.45) is 0 Å². The molecule has 1 saturated carbocycles. The molecule has 2 rings (SSSR count). The van der Waals surface area contributed by atoms with Crippen molar-refractivity contribution in [2.75, 3.05) is 13.1 Å². The maximum atomic E-state index is 12.6. The molecule has 1 aromatic carbocycles. The van der Waals surface area contributed by atoms with Crippen LogP contribution < -0.4 is 0 Å². The van der Waals surface area contributed by atoms with Crippen LogP contribution in [0, 0.1) is 0 Å². The van der Waals surface area contributed by atoms with E-state index in [1.165, 1.54) is 12.0 Å². The number of hydrogen-bond acceptors (Lipinski definition) is 1. The molecule has 0 unspecified atom stereocenters. The Kier molecular flexibility index (Phi) is 3.51. The van der Waals surface area contributed by atoms with Gasteiger partial charge in [0, 0.05) is 13.1 Å². The zero-order chi connectivity index (χ0) is 12.3. The minimum Gasteiger partial charge on any atom is -0.342 e. The quantitative estimate of drug-likeness (QED) is 0.780. The van der Waals surface area contributed by atoms with E-state index in [1.54, 1.807) is 0 Å². The van der Waals surface area contributed by atoms with Crippen LogP contribution >= 0.6 is 0 Å². The number of rotatable bonds is 4. The monoisotopic (exact) mass is 231 g/mol. The lowest BCUT2D eigenvalue weighted by Crippen LogP contribution is -2.50. The van der Waals surface area contributed by atoms with Crippen molar-refractivity contribution in [3.63, 3.8) is 0 Å². The standard InChI is InChI=1S/C15H21NO/c1-3-16(4-2)14(17)15(11-8-12-15)13-9-6-5-7-10-13/h5-7,9-10H,3-4,8,11-12H2,1-2H3. The highest BCUT2D eigenvalue weighted by atomic mass is 16.2. The number of likely N-dealkylation sites (N-methyl/N-ethyl adjacent to an activating group) is 1. The molecule has 2 heteroatoms. The first kappa shape index (κ1) is 12.2. The first-order chi connectivity index (χ1) is 8.24. The molecule has 1 aromatic rings. The number of nitrogens with zero attached hydrogens (tertiary/aromatic N) is 1. The van der Waals surface area contributed by atoms with E-state index in [0.29, 0.717) is 5.91 Å². The Bertz CT molecular complexity index is 377. The molecule has 1 amide bonds. The van der Waals surface area contributed by atoms with E-state index < -0.39 is 0 Å². The Morgan fingerprint density at radius 2 is 1.76 bits per heavy atom. The predicted octanol–water partition coefficient (Wildman–Crippen LogP) is 2.98. The molecule has 0 radical (unpaired) electrons. The second-order valence-electron chi connectivity index (χ2n) is 4.78. The smallest absolute Gasteiger partial charge is 0.233 e. The molecule has 1 aliphatic rings. The summed E-state index contributed by atoms with van der Waals surface area (Å²) in [6.45, 7) is 5.73. The van der Waals surface area contributed by atoms with Crippen molar-refractivity contribution >= 4 is 5.91 Å². The fraction of sp³-hybridized carbons (Fsp3) is 0.533. The van der Waals surface area contributed by atoms with Gasteiger partial charge in [-0.1, -0.05) is 36.8 Å². The van der Waals surface area contributed by atoms with Crippen molar-refractivity contribution in [1.29, 1.82) is 0 Å². The van der Waals surface area contributed by atoms with Crippen LogP contribution in [0.3, 0.4) is 0 Å². The Balaban J connectivity index is 2.29. The van der Waals surface area contributed by atoms with Gasteiger partial charge in [-0.3, -0.25) is 4.79 Å². The van der Waals surface area contributed by atoms with Crippen LogP contribution in [0.5, 0.6) is 0 Å². The minimum absolute atomic E-state index is 0.215. The predicted molar refractivity (Wildman–Crippen MR) is 69.9 cm³/mol. The van der Waals surface area contributed by atoms with Gasteiger partial charge >= 0.3 is 0 Å². The Morgan fingerprint density at radius 3 is 2.18 bits per heavy atom. The van der Waals surface area contributed by atoms with Crippen LogP contribution in [0.4, 0.5) is 0 Å². The maximum Gasteiger partial charge on any atom is 0.233 e. The molecular weight excluding hydrogens is 210 g/mol. The third kappa shape index (κ3) is 1.97. The van der Waals surface area contributed by atoms with Gasteiger partial charge in [-0.25, -0.2) is 0 Å². The van der Waals surface area contributed by atoms with E-state index in [1.807, 2.05) is 23.1 Å². The highest BCUT2D eigenvalue weighted by Crippen LogP contribution is 2.45. The summed E-state index contributed by atoms with van der Waals surface area (Å²) < 4.78 is 0. The normalized spacial score (nSPS) is 17.3. The summed E-state index contributed by atoms with van der Waals surface area (Å²) in [4.78, 5) is 14.6. The van der Waals surface area contributed by atoms with Crippen LogP contribution in [0.25, 0.3) is 0 Å². The number of hydrogen-bond donors (Lipinski definition) is 0. The average Bonchev–Trinajstić information content (AvgIpc) is 2.31. The molecule has 1 aliphatic carbocycles. The molecule has 0 heterocycles. The van der Waals surface area contributed by atoms with Crippen molar-refractivity contribution in [2.45, 2.75) is 38.5 Å². The Labute approximate surface area is 104 Å². The summed E-state index contributed by atoms with van der Waals surface area (Å²) >= 11 is 0. The lowest BCUT2D eigenvalue weighted by Gasteiger charge is -2.43. The van der Waals surface area contributed by atoms with Gasteiger partial charge < -0.3 is 4.90 Å². The topological polar surface area (TPSA) is 20.3 Å². The van der Waals surface area contributed by atoms with E-state index in [2.05, 4.69) is 26.0 Å². The highest BCUT2D eigenvalue weighted by molar-refractivity contribution is 5.89. The van der Waals surface area contributed by atoms with Gasteiger partial charge in [-0.2, -0.15) is 0 Å². The van der Waals surface area contributed by atoms with Gasteiger partial charge in [0.05, 0.1) is 5.41 Å². The molecule has 0 aliphatic heterocycles. The molecule has 2 nitrogen and oxygen atoms in total. The fourth-order valence-electron chi connectivity index (χ4n) is 2.73. The first-order valence-corrected chi connectivity index (χ1v) is 6.59. The summed E-state index contributed by atoms with van der Waals surface area (Å²) in [5.74, 6) is 0.319. The fourth-order valence-corrected chi connectivity index (χ4v) is 2.73. The van der Waals surface area contributed by atoms with Gasteiger partial charge in [0.25, 0.3) is 0 Å². The zero-order valence-corrected chi connectivity index (χ0v) is 10.8. The average molecular weight is 231 g/mol. The van der Waals surface area contributed by atoms with E-state index in [-0.39, 0.29) is 5.41 Å². The summed E-state index contributed by atoms with van der Waals surface area (Å²) in [6.07, 6.45) is 3.18. The Hall–Kier alpha value is -1.31. The van der Waals surface area contributed by atoms with Gasteiger partial charge in [-0.05, 0) is 32.3 Å². The molecule has 0 aromatic heterocycles. The molecule has 0 bridgehead atoms. The third-order valence-electron chi connectivity index (χ3n) is 3.99. The van der Waals surface area contributed by atoms with Gasteiger partial charge in [0.2, 0.25) is 5.91 Å². The van der Waals surface area contributed by atoms with Crippen LogP contribution in [-0.2, 0) is 10.2 Å². The molecular formula is C15H21NO. The SMILES string of the molecule is CCN(CC)C(=O)C1(c2ccccc2)CCC1. The highest BCUT2D eigenvalue weighted by Gasteiger charge is 2.46. The maximum absolute atomic E-state index is 12.6. The van der Waals surface area contributed by atoms with Crippen molar-refractivity contribution < 1.29 is 4.79 Å². The summed E-state index contributed by atoms with van der Waals surface area (Å²) in [7, 11) is 0. The molecule has 17 heavy (non-hydrogen) atoms. The number of carbonyl (C=O) groups excluding carboxylic acids is 1. The molecule has 0 atom stereocenters. The summed E-state index contributed by atoms with van der Waals surface area (Å²) in [5.41, 5.74) is 0.982. The van der Waals surface area contributed by atoms with E-state index in [4.69, 9.17) is 0 Å². The lowest BCUT2D eigenvalue weighted by molar-refractivity contribution is -0.140. The molecule has 0 saturated heterocycles. The van der Waals surface area contributed by atoms with Crippen molar-refractivity contribution in [1.82, 2.24) is 4.90 Å². The van der Waals surface area contributed by atoms with Crippen molar-refractivity contribution in [3.8, 4) is 0 Å². The second kappa shape index (κ2) is 4.91. The van der Waals surface area contributed by atoms with Gasteiger partial charge in [0.15, 0.2) is 0 Å². The first-order valence-electron chi connectivity index (χ1n) is 6.59. The largest absolute Gasteiger partial charge is 0.342 e. The summed E-state index contributed by atoms with van der Waals surface area (Å²) in [5, 5.41) is 0. The number of benzene rings is 1. The summed E-state index contributed by atoms with van der Waals surface area (Å²) in [6, 6.07) is 10.3. The van der Waals surface area contributed by atoms with Crippen LogP contribution in [0.2, 0.25) is 0 Å². The molecule has 1 fully saturated rings.